The third-order valence-electron chi connectivity index (χ3n) is 7.06. The molecule has 0 unspecified atom stereocenters. The first-order valence-electron chi connectivity index (χ1n) is 12.0. The normalized spacial score (nSPS) is 15.8. The molecule has 0 saturated carbocycles. The minimum absolute atomic E-state index is 0.298. The number of aryl methyl sites for hydroxylation is 1. The maximum Gasteiger partial charge on any atom is 0.309 e. The first-order valence-corrected chi connectivity index (χ1v) is 13.3. The molecule has 5 nitrogen and oxygen atoms in total. The molecule has 4 rings (SSSR count). The van der Waals surface area contributed by atoms with Crippen LogP contribution in [0, 0.1) is 17.0 Å². The van der Waals surface area contributed by atoms with Gasteiger partial charge in [-0.25, -0.2) is 8.78 Å². The number of nitrogens with zero attached hydrogens (tertiary/aromatic N) is 2. The summed E-state index contributed by atoms with van der Waals surface area (Å²) in [4.78, 5) is 19.2. The molecular formula is C27H29ClF2N2O3S. The van der Waals surface area contributed by atoms with Gasteiger partial charge in [-0.15, -0.1) is 11.8 Å². The average Bonchev–Trinajstić information content (AvgIpc) is 2.88. The van der Waals surface area contributed by atoms with Gasteiger partial charge < -0.3 is 14.7 Å². The van der Waals surface area contributed by atoms with E-state index in [9.17, 15) is 18.7 Å². The summed E-state index contributed by atoms with van der Waals surface area (Å²) in [5.41, 5.74) is 1.01. The Labute approximate surface area is 218 Å². The Morgan fingerprint density at radius 3 is 2.75 bits per heavy atom. The lowest BCUT2D eigenvalue weighted by Gasteiger charge is -2.39. The average molecular weight is 535 g/mol. The van der Waals surface area contributed by atoms with Crippen molar-refractivity contribution in [3.05, 3.63) is 64.8 Å². The van der Waals surface area contributed by atoms with E-state index in [1.54, 1.807) is 19.4 Å². The van der Waals surface area contributed by atoms with E-state index in [2.05, 4.69) is 9.88 Å². The quantitative estimate of drug-likeness (QED) is 0.301. The third-order valence-corrected chi connectivity index (χ3v) is 8.40. The van der Waals surface area contributed by atoms with Crippen LogP contribution in [0.15, 0.2) is 47.5 Å². The van der Waals surface area contributed by atoms with Crippen molar-refractivity contribution in [2.24, 2.45) is 5.41 Å². The second kappa shape index (κ2) is 11.8. The van der Waals surface area contributed by atoms with Gasteiger partial charge in [-0.05, 0) is 81.1 Å². The van der Waals surface area contributed by atoms with Gasteiger partial charge in [-0.2, -0.15) is 0 Å². The minimum atomic E-state index is -0.843. The molecule has 1 aliphatic heterocycles. The highest BCUT2D eigenvalue weighted by molar-refractivity contribution is 7.99. The Balaban J connectivity index is 1.33. The van der Waals surface area contributed by atoms with Crippen molar-refractivity contribution >= 4 is 40.2 Å². The summed E-state index contributed by atoms with van der Waals surface area (Å²) in [5, 5.41) is 11.6. The smallest absolute Gasteiger partial charge is 0.309 e. The highest BCUT2D eigenvalue weighted by Crippen LogP contribution is 2.38. The first-order chi connectivity index (χ1) is 17.3. The summed E-state index contributed by atoms with van der Waals surface area (Å²) in [6.07, 6.45) is 4.66. The number of carboxylic acid groups (broad SMARTS) is 1. The van der Waals surface area contributed by atoms with Gasteiger partial charge in [-0.3, -0.25) is 9.78 Å². The second-order valence-corrected chi connectivity index (χ2v) is 10.7. The molecule has 3 aromatic rings. The van der Waals surface area contributed by atoms with E-state index < -0.39 is 23.0 Å². The van der Waals surface area contributed by atoms with Crippen molar-refractivity contribution in [3.63, 3.8) is 0 Å². The monoisotopic (exact) mass is 534 g/mol. The molecule has 0 amide bonds. The predicted molar refractivity (Wildman–Crippen MR) is 139 cm³/mol. The molecule has 0 radical (unpaired) electrons. The van der Waals surface area contributed by atoms with Crippen molar-refractivity contribution in [2.75, 3.05) is 32.5 Å². The molecule has 0 spiro atoms. The molecule has 2 heterocycles. The lowest BCUT2D eigenvalue weighted by molar-refractivity contribution is -0.152. The van der Waals surface area contributed by atoms with Crippen LogP contribution in [0.3, 0.4) is 0 Å². The van der Waals surface area contributed by atoms with Gasteiger partial charge in [0, 0.05) is 28.8 Å². The number of carboxylic acids is 1. The van der Waals surface area contributed by atoms with Gasteiger partial charge in [0.2, 0.25) is 0 Å². The fraction of sp³-hybridized carbons (Fsp3) is 0.407. The van der Waals surface area contributed by atoms with Crippen molar-refractivity contribution in [1.29, 1.82) is 0 Å². The van der Waals surface area contributed by atoms with Gasteiger partial charge >= 0.3 is 5.97 Å². The van der Waals surface area contributed by atoms with E-state index in [1.165, 1.54) is 17.8 Å². The Kier molecular flexibility index (Phi) is 8.70. The molecule has 1 saturated heterocycles. The highest BCUT2D eigenvalue weighted by Gasteiger charge is 2.40. The number of aliphatic carboxylic acids is 1. The maximum atomic E-state index is 13.9. The van der Waals surface area contributed by atoms with Crippen LogP contribution in [0.25, 0.3) is 10.9 Å². The lowest BCUT2D eigenvalue weighted by Crippen LogP contribution is -2.45. The lowest BCUT2D eigenvalue weighted by atomic mass is 9.74. The summed E-state index contributed by atoms with van der Waals surface area (Å²) in [6, 6.07) is 9.85. The summed E-state index contributed by atoms with van der Waals surface area (Å²) >= 11 is 7.75. The van der Waals surface area contributed by atoms with E-state index in [0.29, 0.717) is 67.4 Å². The number of thioether (sulfide) groups is 1. The molecule has 2 aromatic carbocycles. The van der Waals surface area contributed by atoms with E-state index in [0.717, 1.165) is 28.3 Å². The van der Waals surface area contributed by atoms with Crippen LogP contribution in [0.2, 0.25) is 5.02 Å². The third kappa shape index (κ3) is 5.93. The zero-order valence-electron chi connectivity index (χ0n) is 20.1. The number of hydrogen-bond acceptors (Lipinski definition) is 5. The Hall–Kier alpha value is -2.42. The summed E-state index contributed by atoms with van der Waals surface area (Å²) in [6.45, 7) is 2.01. The summed E-state index contributed by atoms with van der Waals surface area (Å²) in [5.74, 6) is -1.08. The summed E-state index contributed by atoms with van der Waals surface area (Å²) < 4.78 is 32.6. The van der Waals surface area contributed by atoms with Crippen molar-refractivity contribution in [1.82, 2.24) is 9.88 Å². The number of aromatic nitrogens is 1. The zero-order valence-corrected chi connectivity index (χ0v) is 21.7. The number of carbonyl (C=O) groups is 1. The van der Waals surface area contributed by atoms with Crippen LogP contribution in [-0.2, 0) is 11.2 Å². The summed E-state index contributed by atoms with van der Waals surface area (Å²) in [7, 11) is 1.61. The SMILES string of the molecule is COc1ccc2ncc(Cl)c(CCCC3(C(=O)O)CCN(CCSc4cccc(F)c4F)CC3)c2c1. The number of ether oxygens (including phenoxy) is 1. The minimum Gasteiger partial charge on any atom is -0.497 e. The first kappa shape index (κ1) is 26.6. The van der Waals surface area contributed by atoms with E-state index in [1.807, 2.05) is 18.2 Å². The van der Waals surface area contributed by atoms with Crippen molar-refractivity contribution < 1.29 is 23.4 Å². The maximum absolute atomic E-state index is 13.9. The van der Waals surface area contributed by atoms with Crippen molar-refractivity contribution in [2.45, 2.75) is 37.0 Å². The Morgan fingerprint density at radius 1 is 1.25 bits per heavy atom. The van der Waals surface area contributed by atoms with Gasteiger partial charge in [0.25, 0.3) is 0 Å². The van der Waals surface area contributed by atoms with E-state index in [4.69, 9.17) is 16.3 Å². The largest absolute Gasteiger partial charge is 0.497 e. The van der Waals surface area contributed by atoms with Gasteiger partial charge in [0.05, 0.1) is 23.1 Å². The molecule has 0 bridgehead atoms. The molecule has 0 atom stereocenters. The van der Waals surface area contributed by atoms with Crippen LogP contribution >= 0.6 is 23.4 Å². The molecule has 36 heavy (non-hydrogen) atoms. The molecule has 0 aliphatic carbocycles. The van der Waals surface area contributed by atoms with Crippen LogP contribution < -0.4 is 4.74 Å². The molecule has 192 valence electrons. The number of likely N-dealkylation sites (tertiary alicyclic amines) is 1. The Bertz CT molecular complexity index is 1240. The number of halogens is 3. The fourth-order valence-corrected chi connectivity index (χ4v) is 6.06. The number of fused-ring (bicyclic) bond motifs is 1. The molecule has 1 aliphatic rings. The number of methoxy groups -OCH3 is 1. The number of piperidine rings is 1. The predicted octanol–water partition coefficient (Wildman–Crippen LogP) is 6.46. The van der Waals surface area contributed by atoms with E-state index >= 15 is 0 Å². The van der Waals surface area contributed by atoms with Crippen molar-refractivity contribution in [3.8, 4) is 5.75 Å². The fourth-order valence-electron chi connectivity index (χ4n) is 4.84. The van der Waals surface area contributed by atoms with E-state index in [-0.39, 0.29) is 0 Å². The van der Waals surface area contributed by atoms with Crippen LogP contribution in [0.1, 0.15) is 31.2 Å². The van der Waals surface area contributed by atoms with Gasteiger partial charge in [0.15, 0.2) is 11.6 Å². The molecule has 1 aromatic heterocycles. The van der Waals surface area contributed by atoms with Crippen LogP contribution in [0.4, 0.5) is 8.78 Å². The topological polar surface area (TPSA) is 62.7 Å². The molecule has 1 N–H and O–H groups in total. The zero-order chi connectivity index (χ0) is 25.7. The number of rotatable bonds is 10. The van der Waals surface area contributed by atoms with Gasteiger partial charge in [-0.1, -0.05) is 17.7 Å². The van der Waals surface area contributed by atoms with Crippen LogP contribution in [-0.4, -0.2) is 53.5 Å². The molecule has 9 heteroatoms. The second-order valence-electron chi connectivity index (χ2n) is 9.15. The Morgan fingerprint density at radius 2 is 2.03 bits per heavy atom. The number of benzene rings is 2. The highest BCUT2D eigenvalue weighted by atomic mass is 35.5. The molecular weight excluding hydrogens is 506 g/mol. The van der Waals surface area contributed by atoms with Crippen LogP contribution in [0.5, 0.6) is 5.75 Å². The number of hydrogen-bond donors (Lipinski definition) is 1. The standard InChI is InChI=1S/C27H29ClF2N2O3S/c1-35-18-7-8-23-20(16-18)19(21(28)17-31-23)4-3-9-27(26(33)34)10-12-32(13-11-27)14-15-36-24-6-2-5-22(29)25(24)30/h2,5-8,16-17H,3-4,9-15H2,1H3,(H,33,34). The number of pyridine rings is 1. The molecule has 1 fully saturated rings. The van der Waals surface area contributed by atoms with Gasteiger partial charge in [0.1, 0.15) is 5.75 Å².